The smallest absolute Gasteiger partial charge is 0.306 e. The molecule has 114 valence electrons. The average Bonchev–Trinajstić information content (AvgIpc) is 2.33. The first kappa shape index (κ1) is 18.3. The fourth-order valence-electron chi connectivity index (χ4n) is 1.53. The number of nitrogens with one attached hydrogen (secondary N) is 1. The molecule has 19 heavy (non-hydrogen) atoms. The first-order valence-electron chi connectivity index (χ1n) is 6.23. The van der Waals surface area contributed by atoms with E-state index in [0.717, 1.165) is 4.31 Å². The Bertz CT molecular complexity index is 370. The van der Waals surface area contributed by atoms with E-state index in [2.05, 4.69) is 9.46 Å². The summed E-state index contributed by atoms with van der Waals surface area (Å²) in [7, 11) is -0.949. The minimum atomic E-state index is -3.63. The number of ether oxygens (including phenoxy) is 1. The van der Waals surface area contributed by atoms with Crippen LogP contribution in [0, 0.1) is 5.92 Å². The molecule has 0 aromatic rings. The molecule has 0 rings (SSSR count). The normalized spacial score (nSPS) is 13.8. The molecule has 0 fully saturated rings. The summed E-state index contributed by atoms with van der Waals surface area (Å²) >= 11 is 0. The standard InChI is InChI=1S/C11H25N3O4S/c1-9(2)7-10(8-12)13-19(16,17)14(3)6-5-11(15)18-4/h9-10,13H,5-8,12H2,1-4H3. The van der Waals surface area contributed by atoms with Crippen LogP contribution in [-0.4, -0.2) is 52.0 Å². The van der Waals surface area contributed by atoms with E-state index in [4.69, 9.17) is 5.73 Å². The topological polar surface area (TPSA) is 102 Å². The van der Waals surface area contributed by atoms with Crippen molar-refractivity contribution in [1.82, 2.24) is 9.03 Å². The molecule has 0 heterocycles. The van der Waals surface area contributed by atoms with E-state index >= 15 is 0 Å². The van der Waals surface area contributed by atoms with Crippen LogP contribution in [0.25, 0.3) is 0 Å². The summed E-state index contributed by atoms with van der Waals surface area (Å²) in [6.07, 6.45) is 0.686. The van der Waals surface area contributed by atoms with E-state index < -0.39 is 16.2 Å². The van der Waals surface area contributed by atoms with Crippen molar-refractivity contribution in [2.45, 2.75) is 32.7 Å². The van der Waals surface area contributed by atoms with Gasteiger partial charge in [-0.1, -0.05) is 13.8 Å². The molecule has 1 unspecified atom stereocenters. The van der Waals surface area contributed by atoms with Gasteiger partial charge in [0.1, 0.15) is 0 Å². The number of hydrogen-bond donors (Lipinski definition) is 2. The molecule has 0 aliphatic heterocycles. The summed E-state index contributed by atoms with van der Waals surface area (Å²) < 4.78 is 32.1. The quantitative estimate of drug-likeness (QED) is 0.568. The molecule has 3 N–H and O–H groups in total. The van der Waals surface area contributed by atoms with E-state index in [1.54, 1.807) is 0 Å². The molecular weight excluding hydrogens is 270 g/mol. The predicted octanol–water partition coefficient (Wildman–Crippen LogP) is -0.311. The summed E-state index contributed by atoms with van der Waals surface area (Å²) in [6, 6.07) is -0.300. The van der Waals surface area contributed by atoms with Crippen molar-refractivity contribution in [3.63, 3.8) is 0 Å². The minimum Gasteiger partial charge on any atom is -0.469 e. The number of carbonyl (C=O) groups excluding carboxylic acids is 1. The molecule has 7 nitrogen and oxygen atoms in total. The van der Waals surface area contributed by atoms with Crippen molar-refractivity contribution in [2.24, 2.45) is 11.7 Å². The van der Waals surface area contributed by atoms with Crippen LogP contribution in [0.15, 0.2) is 0 Å². The molecule has 0 bridgehead atoms. The van der Waals surface area contributed by atoms with Gasteiger partial charge < -0.3 is 10.5 Å². The molecule has 1 atom stereocenters. The molecule has 0 saturated carbocycles. The third-order valence-corrected chi connectivity index (χ3v) is 4.26. The number of nitrogens with two attached hydrogens (primary N) is 1. The van der Waals surface area contributed by atoms with Crippen molar-refractivity contribution in [2.75, 3.05) is 27.2 Å². The van der Waals surface area contributed by atoms with Gasteiger partial charge in [-0.15, -0.1) is 0 Å². The van der Waals surface area contributed by atoms with Crippen LogP contribution < -0.4 is 10.5 Å². The Balaban J connectivity index is 4.46. The summed E-state index contributed by atoms with van der Waals surface area (Å²) in [6.45, 7) is 4.30. The van der Waals surface area contributed by atoms with E-state index in [0.29, 0.717) is 12.3 Å². The van der Waals surface area contributed by atoms with Crippen molar-refractivity contribution in [3.05, 3.63) is 0 Å². The Morgan fingerprint density at radius 2 is 2.00 bits per heavy atom. The molecule has 0 saturated heterocycles. The Kier molecular flexibility index (Phi) is 8.15. The van der Waals surface area contributed by atoms with E-state index in [1.807, 2.05) is 13.8 Å². The maximum absolute atomic E-state index is 12.0. The van der Waals surface area contributed by atoms with Crippen molar-refractivity contribution in [3.8, 4) is 0 Å². The van der Waals surface area contributed by atoms with Crippen molar-refractivity contribution in [1.29, 1.82) is 0 Å². The lowest BCUT2D eigenvalue weighted by atomic mass is 10.1. The highest BCUT2D eigenvalue weighted by Crippen LogP contribution is 2.06. The van der Waals surface area contributed by atoms with Gasteiger partial charge in [0, 0.05) is 26.2 Å². The van der Waals surface area contributed by atoms with Gasteiger partial charge in [-0.25, -0.2) is 0 Å². The van der Waals surface area contributed by atoms with Gasteiger partial charge in [-0.2, -0.15) is 17.4 Å². The van der Waals surface area contributed by atoms with Crippen molar-refractivity contribution >= 4 is 16.2 Å². The molecule has 0 spiro atoms. The Morgan fingerprint density at radius 3 is 2.42 bits per heavy atom. The number of methoxy groups -OCH3 is 1. The molecule has 0 amide bonds. The maximum atomic E-state index is 12.0. The summed E-state index contributed by atoms with van der Waals surface area (Å²) in [5, 5.41) is 0. The van der Waals surface area contributed by atoms with E-state index in [9.17, 15) is 13.2 Å². The van der Waals surface area contributed by atoms with Crippen LogP contribution in [0.2, 0.25) is 0 Å². The first-order valence-corrected chi connectivity index (χ1v) is 7.67. The molecular formula is C11H25N3O4S. The van der Waals surface area contributed by atoms with Crippen LogP contribution >= 0.6 is 0 Å². The number of esters is 1. The molecule has 0 aliphatic rings. The number of rotatable bonds is 9. The molecule has 0 aromatic carbocycles. The number of hydrogen-bond acceptors (Lipinski definition) is 5. The lowest BCUT2D eigenvalue weighted by Crippen LogP contribution is -2.47. The van der Waals surface area contributed by atoms with Gasteiger partial charge in [-0.05, 0) is 12.3 Å². The van der Waals surface area contributed by atoms with E-state index in [1.165, 1.54) is 14.2 Å². The monoisotopic (exact) mass is 295 g/mol. The molecule has 8 heteroatoms. The predicted molar refractivity (Wildman–Crippen MR) is 73.6 cm³/mol. The second kappa shape index (κ2) is 8.47. The van der Waals surface area contributed by atoms with Crippen LogP contribution in [0.3, 0.4) is 0 Å². The number of carbonyl (C=O) groups is 1. The lowest BCUT2D eigenvalue weighted by molar-refractivity contribution is -0.140. The van der Waals surface area contributed by atoms with Crippen LogP contribution in [0.1, 0.15) is 26.7 Å². The second-order valence-electron chi connectivity index (χ2n) is 4.83. The molecule has 0 radical (unpaired) electrons. The Hall–Kier alpha value is -0.700. The minimum absolute atomic E-state index is 0.0192. The SMILES string of the molecule is COC(=O)CCN(C)S(=O)(=O)NC(CN)CC(C)C. The lowest BCUT2D eigenvalue weighted by Gasteiger charge is -2.23. The summed E-state index contributed by atoms with van der Waals surface area (Å²) in [4.78, 5) is 11.0. The Labute approximate surface area is 115 Å². The van der Waals surface area contributed by atoms with Gasteiger partial charge >= 0.3 is 5.97 Å². The zero-order valence-electron chi connectivity index (χ0n) is 12.0. The highest BCUT2D eigenvalue weighted by Gasteiger charge is 2.22. The maximum Gasteiger partial charge on any atom is 0.306 e. The average molecular weight is 295 g/mol. The summed E-state index contributed by atoms with van der Waals surface area (Å²) in [5.41, 5.74) is 5.55. The highest BCUT2D eigenvalue weighted by molar-refractivity contribution is 7.87. The zero-order chi connectivity index (χ0) is 15.1. The van der Waals surface area contributed by atoms with Gasteiger partial charge in [0.15, 0.2) is 0 Å². The van der Waals surface area contributed by atoms with Gasteiger partial charge in [0.2, 0.25) is 0 Å². The largest absolute Gasteiger partial charge is 0.469 e. The zero-order valence-corrected chi connectivity index (χ0v) is 12.9. The highest BCUT2D eigenvalue weighted by atomic mass is 32.2. The molecule has 0 aromatic heterocycles. The van der Waals surface area contributed by atoms with Gasteiger partial charge in [-0.3, -0.25) is 4.79 Å². The van der Waals surface area contributed by atoms with Gasteiger partial charge in [0.25, 0.3) is 10.2 Å². The fourth-order valence-corrected chi connectivity index (χ4v) is 2.66. The fraction of sp³-hybridized carbons (Fsp3) is 0.909. The van der Waals surface area contributed by atoms with Crippen LogP contribution in [-0.2, 0) is 19.7 Å². The third-order valence-electron chi connectivity index (χ3n) is 2.62. The van der Waals surface area contributed by atoms with Crippen molar-refractivity contribution < 1.29 is 17.9 Å². The van der Waals surface area contributed by atoms with Gasteiger partial charge in [0.05, 0.1) is 13.5 Å². The first-order chi connectivity index (χ1) is 8.72. The Morgan fingerprint density at radius 1 is 1.42 bits per heavy atom. The number of nitrogens with zero attached hydrogens (tertiary/aromatic N) is 1. The summed E-state index contributed by atoms with van der Waals surface area (Å²) in [5.74, 6) is -0.101. The van der Waals surface area contributed by atoms with Crippen LogP contribution in [0.5, 0.6) is 0 Å². The van der Waals surface area contributed by atoms with E-state index in [-0.39, 0.29) is 25.6 Å². The second-order valence-corrected chi connectivity index (χ2v) is 6.64. The third kappa shape index (κ3) is 7.46. The van der Waals surface area contributed by atoms with Crippen LogP contribution in [0.4, 0.5) is 0 Å². The molecule has 0 aliphatic carbocycles.